The molecule has 0 bridgehead atoms. The van der Waals surface area contributed by atoms with E-state index in [9.17, 15) is 18.0 Å². The lowest BCUT2D eigenvalue weighted by molar-refractivity contribution is -0.155. The van der Waals surface area contributed by atoms with E-state index in [1.54, 1.807) is 0 Å². The molecule has 0 aromatic rings. The Labute approximate surface area is 128 Å². The van der Waals surface area contributed by atoms with E-state index >= 15 is 0 Å². The third-order valence-corrected chi connectivity index (χ3v) is 4.34. The third kappa shape index (κ3) is 5.40. The summed E-state index contributed by atoms with van der Waals surface area (Å²) >= 11 is 0. The van der Waals surface area contributed by atoms with Crippen molar-refractivity contribution in [1.82, 2.24) is 15.1 Å². The Morgan fingerprint density at radius 3 is 2.32 bits per heavy atom. The molecule has 0 atom stereocenters. The second-order valence-corrected chi connectivity index (χ2v) is 6.31. The highest BCUT2D eigenvalue weighted by Gasteiger charge is 2.39. The molecule has 0 aliphatic carbocycles. The van der Waals surface area contributed by atoms with Crippen molar-refractivity contribution in [2.75, 3.05) is 53.0 Å². The molecule has 2 saturated heterocycles. The molecule has 2 aliphatic rings. The van der Waals surface area contributed by atoms with Gasteiger partial charge in [-0.2, -0.15) is 13.2 Å². The molecule has 2 rings (SSSR count). The average Bonchev–Trinajstić information content (AvgIpc) is 2.41. The molecule has 5 nitrogen and oxygen atoms in total. The quantitative estimate of drug-likeness (QED) is 0.833. The van der Waals surface area contributed by atoms with Crippen LogP contribution in [0.3, 0.4) is 0 Å². The monoisotopic (exact) mass is 323 g/mol. The average molecular weight is 323 g/mol. The van der Waals surface area contributed by atoms with Gasteiger partial charge in [-0.3, -0.25) is 9.69 Å². The lowest BCUT2D eigenvalue weighted by Crippen LogP contribution is -2.61. The van der Waals surface area contributed by atoms with Gasteiger partial charge in [-0.15, -0.1) is 0 Å². The van der Waals surface area contributed by atoms with E-state index in [0.29, 0.717) is 32.6 Å². The minimum absolute atomic E-state index is 0.563. The second-order valence-electron chi connectivity index (χ2n) is 6.31. The van der Waals surface area contributed by atoms with E-state index in [1.165, 1.54) is 0 Å². The van der Waals surface area contributed by atoms with Gasteiger partial charge in [0.25, 0.3) is 0 Å². The Balaban J connectivity index is 1.99. The van der Waals surface area contributed by atoms with Crippen molar-refractivity contribution in [2.45, 2.75) is 31.0 Å². The van der Waals surface area contributed by atoms with Gasteiger partial charge in [-0.1, -0.05) is 0 Å². The Morgan fingerprint density at radius 2 is 1.77 bits per heavy atom. The first-order chi connectivity index (χ1) is 10.3. The van der Waals surface area contributed by atoms with Crippen LogP contribution in [0.5, 0.6) is 0 Å². The summed E-state index contributed by atoms with van der Waals surface area (Å²) in [4.78, 5) is 16.1. The topological polar surface area (TPSA) is 44.8 Å². The van der Waals surface area contributed by atoms with Crippen molar-refractivity contribution in [3.05, 3.63) is 0 Å². The lowest BCUT2D eigenvalue weighted by Gasteiger charge is -2.44. The number of nitrogens with zero attached hydrogens (tertiary/aromatic N) is 2. The molecule has 128 valence electrons. The third-order valence-electron chi connectivity index (χ3n) is 4.34. The van der Waals surface area contributed by atoms with Crippen LogP contribution in [0.4, 0.5) is 13.2 Å². The maximum Gasteiger partial charge on any atom is 0.397 e. The molecular weight excluding hydrogens is 299 g/mol. The number of hydrogen-bond acceptors (Lipinski definition) is 4. The van der Waals surface area contributed by atoms with Crippen LogP contribution in [-0.2, 0) is 9.53 Å². The molecule has 0 spiro atoms. The van der Waals surface area contributed by atoms with Gasteiger partial charge in [0.05, 0.1) is 18.8 Å². The Bertz CT molecular complexity index is 376. The number of nitrogens with one attached hydrogen (secondary N) is 1. The number of rotatable bonds is 4. The zero-order valence-corrected chi connectivity index (χ0v) is 12.9. The molecule has 1 amide bonds. The molecule has 0 aromatic carbocycles. The fourth-order valence-corrected chi connectivity index (χ4v) is 3.08. The van der Waals surface area contributed by atoms with E-state index in [2.05, 4.69) is 15.1 Å². The van der Waals surface area contributed by atoms with Crippen LogP contribution in [0.1, 0.15) is 19.3 Å². The summed E-state index contributed by atoms with van der Waals surface area (Å²) in [5.74, 6) is -0.926. The molecule has 22 heavy (non-hydrogen) atoms. The number of morpholine rings is 1. The van der Waals surface area contributed by atoms with Crippen LogP contribution < -0.4 is 5.32 Å². The standard InChI is InChI=1S/C14H24F3N3O2/c1-19-4-2-13(3-5-19,11-20-6-8-22-9-7-20)18-12(21)10-14(15,16)17/h2-11H2,1H3,(H,18,21). The number of ether oxygens (including phenoxy) is 1. The van der Waals surface area contributed by atoms with Crippen molar-refractivity contribution >= 4 is 5.91 Å². The fraction of sp³-hybridized carbons (Fsp3) is 0.929. The van der Waals surface area contributed by atoms with Crippen LogP contribution in [0.2, 0.25) is 0 Å². The normalized spacial score (nSPS) is 24.2. The van der Waals surface area contributed by atoms with Crippen LogP contribution in [0, 0.1) is 0 Å². The summed E-state index contributed by atoms with van der Waals surface area (Å²) in [5.41, 5.74) is -0.563. The summed E-state index contributed by atoms with van der Waals surface area (Å²) in [6.07, 6.45) is -4.53. The lowest BCUT2D eigenvalue weighted by atomic mass is 9.86. The molecule has 2 fully saturated rings. The molecule has 0 saturated carbocycles. The summed E-state index contributed by atoms with van der Waals surface area (Å²) in [7, 11) is 1.98. The van der Waals surface area contributed by atoms with E-state index in [-0.39, 0.29) is 0 Å². The van der Waals surface area contributed by atoms with E-state index < -0.39 is 24.0 Å². The fourth-order valence-electron chi connectivity index (χ4n) is 3.08. The van der Waals surface area contributed by atoms with Gasteiger partial charge in [0.1, 0.15) is 6.42 Å². The van der Waals surface area contributed by atoms with Crippen LogP contribution >= 0.6 is 0 Å². The highest BCUT2D eigenvalue weighted by Crippen LogP contribution is 2.25. The smallest absolute Gasteiger partial charge is 0.379 e. The Kier molecular flexibility index (Phi) is 5.68. The highest BCUT2D eigenvalue weighted by atomic mass is 19.4. The first kappa shape index (κ1) is 17.5. The van der Waals surface area contributed by atoms with Crippen molar-refractivity contribution in [3.8, 4) is 0 Å². The first-order valence-electron chi connectivity index (χ1n) is 7.64. The van der Waals surface area contributed by atoms with Gasteiger partial charge in [-0.05, 0) is 19.9 Å². The summed E-state index contributed by atoms with van der Waals surface area (Å²) in [6.45, 7) is 4.92. The number of halogens is 3. The number of alkyl halides is 3. The highest BCUT2D eigenvalue weighted by molar-refractivity contribution is 5.77. The van der Waals surface area contributed by atoms with Gasteiger partial charge in [0, 0.05) is 32.7 Å². The molecule has 0 unspecified atom stereocenters. The number of carbonyl (C=O) groups excluding carboxylic acids is 1. The SMILES string of the molecule is CN1CCC(CN2CCOCC2)(NC(=O)CC(F)(F)F)CC1. The largest absolute Gasteiger partial charge is 0.397 e. The minimum atomic E-state index is -4.46. The molecular formula is C14H24F3N3O2. The van der Waals surface area contributed by atoms with E-state index in [4.69, 9.17) is 4.74 Å². The maximum atomic E-state index is 12.4. The van der Waals surface area contributed by atoms with Gasteiger partial charge in [0.2, 0.25) is 5.91 Å². The Morgan fingerprint density at radius 1 is 1.18 bits per heavy atom. The van der Waals surface area contributed by atoms with Crippen molar-refractivity contribution < 1.29 is 22.7 Å². The summed E-state index contributed by atoms with van der Waals surface area (Å²) in [5, 5.41) is 2.69. The van der Waals surface area contributed by atoms with Crippen LogP contribution in [-0.4, -0.2) is 80.4 Å². The predicted octanol–water partition coefficient (Wildman–Crippen LogP) is 0.852. The van der Waals surface area contributed by atoms with Crippen molar-refractivity contribution in [2.24, 2.45) is 0 Å². The molecule has 8 heteroatoms. The van der Waals surface area contributed by atoms with Crippen molar-refractivity contribution in [3.63, 3.8) is 0 Å². The number of carbonyl (C=O) groups is 1. The van der Waals surface area contributed by atoms with Gasteiger partial charge in [0.15, 0.2) is 0 Å². The second kappa shape index (κ2) is 7.14. The number of piperidine rings is 1. The van der Waals surface area contributed by atoms with E-state index in [1.807, 2.05) is 7.05 Å². The molecule has 0 radical (unpaired) electrons. The Hall–Kier alpha value is -0.860. The van der Waals surface area contributed by atoms with Crippen LogP contribution in [0.15, 0.2) is 0 Å². The molecule has 2 heterocycles. The van der Waals surface area contributed by atoms with Crippen molar-refractivity contribution in [1.29, 1.82) is 0 Å². The van der Waals surface area contributed by atoms with Gasteiger partial charge in [-0.25, -0.2) is 0 Å². The van der Waals surface area contributed by atoms with E-state index in [0.717, 1.165) is 26.2 Å². The maximum absolute atomic E-state index is 12.4. The first-order valence-corrected chi connectivity index (χ1v) is 7.64. The molecule has 1 N–H and O–H groups in total. The zero-order chi connectivity index (χ0) is 16.2. The van der Waals surface area contributed by atoms with Gasteiger partial charge < -0.3 is 15.0 Å². The van der Waals surface area contributed by atoms with Crippen LogP contribution in [0.25, 0.3) is 0 Å². The predicted molar refractivity (Wildman–Crippen MR) is 75.5 cm³/mol. The molecule has 2 aliphatic heterocycles. The van der Waals surface area contributed by atoms with Gasteiger partial charge >= 0.3 is 6.18 Å². The minimum Gasteiger partial charge on any atom is -0.379 e. The summed E-state index contributed by atoms with van der Waals surface area (Å²) in [6, 6.07) is 0. The summed E-state index contributed by atoms with van der Waals surface area (Å²) < 4.78 is 42.5. The number of hydrogen-bond donors (Lipinski definition) is 1. The molecule has 0 aromatic heterocycles. The number of likely N-dealkylation sites (tertiary alicyclic amines) is 1. The number of amides is 1. The zero-order valence-electron chi connectivity index (χ0n) is 12.9.